The molecule has 32 heavy (non-hydrogen) atoms. The van der Waals surface area contributed by atoms with E-state index in [1.165, 1.54) is 7.11 Å². The van der Waals surface area contributed by atoms with Gasteiger partial charge in [-0.25, -0.2) is 19.8 Å². The third-order valence-electron chi connectivity index (χ3n) is 5.39. The number of nitrogens with one attached hydrogen (secondary N) is 2. The van der Waals surface area contributed by atoms with Crippen LogP contribution in [0.4, 0.5) is 5.82 Å². The molecule has 0 spiro atoms. The van der Waals surface area contributed by atoms with Gasteiger partial charge in [0.05, 0.1) is 31.3 Å². The predicted molar refractivity (Wildman–Crippen MR) is 120 cm³/mol. The van der Waals surface area contributed by atoms with E-state index in [-0.39, 0.29) is 23.9 Å². The van der Waals surface area contributed by atoms with Gasteiger partial charge in [0, 0.05) is 5.39 Å². The molecule has 0 bridgehead atoms. The zero-order valence-electron chi connectivity index (χ0n) is 18.2. The number of hydrogen-bond donors (Lipinski definition) is 5. The number of amides is 1. The van der Waals surface area contributed by atoms with Crippen LogP contribution in [-0.4, -0.2) is 64.8 Å². The number of hydrogen-bond acceptors (Lipinski definition) is 8. The second-order valence-electron chi connectivity index (χ2n) is 7.80. The molecular formula is C21H29N7O4. The second kappa shape index (κ2) is 10.2. The Morgan fingerprint density at radius 1 is 1.28 bits per heavy atom. The van der Waals surface area contributed by atoms with Crippen LogP contribution >= 0.6 is 0 Å². The van der Waals surface area contributed by atoms with Gasteiger partial charge in [0.15, 0.2) is 12.0 Å². The molecule has 0 saturated heterocycles. The second-order valence-corrected chi connectivity index (χ2v) is 7.80. The van der Waals surface area contributed by atoms with Crippen molar-refractivity contribution in [2.45, 2.75) is 50.7 Å². The van der Waals surface area contributed by atoms with Crippen LogP contribution in [-0.2, 0) is 9.53 Å². The van der Waals surface area contributed by atoms with Crippen LogP contribution in [0, 0.1) is 6.92 Å². The van der Waals surface area contributed by atoms with Crippen LogP contribution in [0.1, 0.15) is 41.9 Å². The number of nitrogens with two attached hydrogens (primary N) is 2. The molecule has 1 aliphatic carbocycles. The molecule has 1 fully saturated rings. The molecule has 1 heterocycles. The van der Waals surface area contributed by atoms with Crippen LogP contribution < -0.4 is 22.1 Å². The van der Waals surface area contributed by atoms with Gasteiger partial charge in [-0.15, -0.1) is 0 Å². The van der Waals surface area contributed by atoms with E-state index in [2.05, 4.69) is 30.3 Å². The van der Waals surface area contributed by atoms with Crippen LogP contribution in [0.3, 0.4) is 0 Å². The van der Waals surface area contributed by atoms with E-state index < -0.39 is 24.5 Å². The number of carbonyl (C=O) groups excluding carboxylic acids is 2. The van der Waals surface area contributed by atoms with Crippen molar-refractivity contribution in [2.24, 2.45) is 16.5 Å². The Balaban J connectivity index is 1.97. The first-order chi connectivity index (χ1) is 15.3. The van der Waals surface area contributed by atoms with E-state index in [1.54, 1.807) is 6.07 Å². The number of esters is 1. The zero-order chi connectivity index (χ0) is 23.3. The fourth-order valence-electron chi connectivity index (χ4n) is 3.80. The number of aliphatic hydroxyl groups excluding tert-OH is 1. The van der Waals surface area contributed by atoms with E-state index in [0.29, 0.717) is 11.3 Å². The van der Waals surface area contributed by atoms with Gasteiger partial charge >= 0.3 is 5.97 Å². The minimum absolute atomic E-state index is 0.0324. The van der Waals surface area contributed by atoms with Crippen molar-refractivity contribution >= 4 is 34.6 Å². The molecule has 7 N–H and O–H groups in total. The van der Waals surface area contributed by atoms with Gasteiger partial charge in [-0.2, -0.15) is 0 Å². The average Bonchev–Trinajstić information content (AvgIpc) is 2.77. The molecule has 1 amide bonds. The SMILES string of the molecule is COC(=O)[C@H](CO)NC(=O)c1nc(NC2CCCCC2N=C(N)N)c2cc(C)ccc2n1. The molecular weight excluding hydrogens is 414 g/mol. The molecule has 3 atom stereocenters. The molecule has 3 rings (SSSR count). The number of rotatable bonds is 7. The quantitative estimate of drug-likeness (QED) is 0.227. The summed E-state index contributed by atoms with van der Waals surface area (Å²) in [7, 11) is 1.17. The summed E-state index contributed by atoms with van der Waals surface area (Å²) >= 11 is 0. The Hall–Kier alpha value is -3.47. The van der Waals surface area contributed by atoms with Gasteiger partial charge in [0.1, 0.15) is 5.82 Å². The molecule has 1 aliphatic rings. The third-order valence-corrected chi connectivity index (χ3v) is 5.39. The van der Waals surface area contributed by atoms with Crippen LogP contribution in [0.5, 0.6) is 0 Å². The van der Waals surface area contributed by atoms with Crippen molar-refractivity contribution in [1.29, 1.82) is 0 Å². The number of aromatic nitrogens is 2. The first-order valence-electron chi connectivity index (χ1n) is 10.5. The lowest BCUT2D eigenvalue weighted by atomic mass is 9.90. The standard InChI is InChI=1S/C21H29N7O4/c1-11-7-8-13-12(9-11)17(25-14-5-3-4-6-15(14)27-21(22)23)28-18(24-13)19(30)26-16(10-29)20(31)32-2/h7-9,14-16,29H,3-6,10H2,1-2H3,(H,26,30)(H4,22,23,27)(H,24,25,28)/t14?,15?,16-/m0/s1. The number of aryl methyl sites for hydroxylation is 1. The van der Waals surface area contributed by atoms with Crippen LogP contribution in [0.25, 0.3) is 10.9 Å². The number of ether oxygens (including phenoxy) is 1. The van der Waals surface area contributed by atoms with E-state index in [0.717, 1.165) is 36.6 Å². The maximum absolute atomic E-state index is 12.8. The van der Waals surface area contributed by atoms with Crippen molar-refractivity contribution in [3.05, 3.63) is 29.6 Å². The maximum Gasteiger partial charge on any atom is 0.330 e. The molecule has 2 unspecified atom stereocenters. The molecule has 2 aromatic rings. The van der Waals surface area contributed by atoms with Gasteiger partial charge in [0.2, 0.25) is 5.82 Å². The summed E-state index contributed by atoms with van der Waals surface area (Å²) < 4.78 is 4.59. The summed E-state index contributed by atoms with van der Waals surface area (Å²) in [6, 6.07) is 4.22. The largest absolute Gasteiger partial charge is 0.467 e. The predicted octanol–water partition coefficient (Wildman–Crippen LogP) is 0.198. The normalized spacial score (nSPS) is 19.1. The van der Waals surface area contributed by atoms with Gasteiger partial charge in [-0.05, 0) is 31.9 Å². The Morgan fingerprint density at radius 3 is 2.72 bits per heavy atom. The van der Waals surface area contributed by atoms with Crippen LogP contribution in [0.15, 0.2) is 23.2 Å². The number of aliphatic hydroxyl groups is 1. The highest BCUT2D eigenvalue weighted by molar-refractivity contribution is 5.98. The summed E-state index contributed by atoms with van der Waals surface area (Å²) in [6.07, 6.45) is 3.71. The van der Waals surface area contributed by atoms with Crippen molar-refractivity contribution < 1.29 is 19.4 Å². The lowest BCUT2D eigenvalue weighted by molar-refractivity contribution is -0.143. The number of guanidine groups is 1. The lowest BCUT2D eigenvalue weighted by Gasteiger charge is -2.30. The van der Waals surface area contributed by atoms with Gasteiger partial charge in [-0.1, -0.05) is 24.5 Å². The Labute approximate surface area is 185 Å². The summed E-state index contributed by atoms with van der Waals surface area (Å²) in [5, 5.41) is 16.0. The number of methoxy groups -OCH3 is 1. The summed E-state index contributed by atoms with van der Waals surface area (Å²) in [5.74, 6) is -1.10. The van der Waals surface area contributed by atoms with Crippen molar-refractivity contribution in [1.82, 2.24) is 15.3 Å². The summed E-state index contributed by atoms with van der Waals surface area (Å²) in [5.41, 5.74) is 12.8. The number of aliphatic imine (C=N–C) groups is 1. The van der Waals surface area contributed by atoms with E-state index in [1.807, 2.05) is 19.1 Å². The highest BCUT2D eigenvalue weighted by Gasteiger charge is 2.27. The Kier molecular flexibility index (Phi) is 7.41. The zero-order valence-corrected chi connectivity index (χ0v) is 18.2. The fraction of sp³-hybridized carbons (Fsp3) is 0.476. The Morgan fingerprint density at radius 2 is 2.03 bits per heavy atom. The van der Waals surface area contributed by atoms with Crippen LogP contribution in [0.2, 0.25) is 0 Å². The number of anilines is 1. The maximum atomic E-state index is 12.8. The highest BCUT2D eigenvalue weighted by atomic mass is 16.5. The summed E-state index contributed by atoms with van der Waals surface area (Å²) in [6.45, 7) is 1.34. The first-order valence-corrected chi connectivity index (χ1v) is 10.5. The number of benzene rings is 1. The third kappa shape index (κ3) is 5.41. The smallest absolute Gasteiger partial charge is 0.330 e. The van der Waals surface area contributed by atoms with Crippen molar-refractivity contribution in [3.8, 4) is 0 Å². The van der Waals surface area contributed by atoms with E-state index in [9.17, 15) is 14.7 Å². The lowest BCUT2D eigenvalue weighted by Crippen LogP contribution is -2.44. The number of nitrogens with zero attached hydrogens (tertiary/aromatic N) is 3. The topological polar surface area (TPSA) is 178 Å². The molecule has 0 radical (unpaired) electrons. The molecule has 0 aliphatic heterocycles. The number of fused-ring (bicyclic) bond motifs is 1. The fourth-order valence-corrected chi connectivity index (χ4v) is 3.80. The minimum atomic E-state index is -1.22. The molecule has 1 saturated carbocycles. The minimum Gasteiger partial charge on any atom is -0.467 e. The van der Waals surface area contributed by atoms with Gasteiger partial charge in [-0.3, -0.25) is 4.79 Å². The van der Waals surface area contributed by atoms with E-state index >= 15 is 0 Å². The molecule has 172 valence electrons. The molecule has 1 aromatic heterocycles. The van der Waals surface area contributed by atoms with Crippen molar-refractivity contribution in [2.75, 3.05) is 19.0 Å². The summed E-state index contributed by atoms with van der Waals surface area (Å²) in [4.78, 5) is 37.6. The first kappa shape index (κ1) is 23.2. The number of carbonyl (C=O) groups is 2. The van der Waals surface area contributed by atoms with Crippen molar-refractivity contribution in [3.63, 3.8) is 0 Å². The average molecular weight is 444 g/mol. The molecule has 11 nitrogen and oxygen atoms in total. The monoisotopic (exact) mass is 443 g/mol. The molecule has 1 aromatic carbocycles. The highest BCUT2D eigenvalue weighted by Crippen LogP contribution is 2.28. The van der Waals surface area contributed by atoms with E-state index in [4.69, 9.17) is 11.5 Å². The van der Waals surface area contributed by atoms with Gasteiger partial charge in [0.25, 0.3) is 5.91 Å². The Bertz CT molecular complexity index is 1020. The van der Waals surface area contributed by atoms with Gasteiger partial charge < -0.3 is 31.9 Å². The molecule has 11 heteroatoms.